The van der Waals surface area contributed by atoms with Crippen LogP contribution in [0.25, 0.3) is 0 Å². The average molecular weight is 284 g/mol. The van der Waals surface area contributed by atoms with Crippen molar-refractivity contribution < 1.29 is 17.9 Å². The van der Waals surface area contributed by atoms with Gasteiger partial charge in [0.15, 0.2) is 5.69 Å². The Hall–Kier alpha value is -2.38. The number of ether oxygens (including phenoxy) is 1. The van der Waals surface area contributed by atoms with Crippen LogP contribution >= 0.6 is 0 Å². The van der Waals surface area contributed by atoms with Gasteiger partial charge in [0.25, 0.3) is 0 Å². The van der Waals surface area contributed by atoms with E-state index in [0.29, 0.717) is 0 Å². The summed E-state index contributed by atoms with van der Waals surface area (Å²) in [4.78, 5) is 12.5. The largest absolute Gasteiger partial charge is 0.433 e. The Balaban J connectivity index is 2.40. The van der Waals surface area contributed by atoms with E-state index >= 15 is 0 Å². The van der Waals surface area contributed by atoms with Crippen molar-refractivity contribution >= 4 is 5.82 Å². The molecule has 0 amide bonds. The lowest BCUT2D eigenvalue weighted by molar-refractivity contribution is -0.141. The Labute approximate surface area is 113 Å². The first-order valence-electron chi connectivity index (χ1n) is 5.58. The van der Waals surface area contributed by atoms with Crippen LogP contribution in [0.15, 0.2) is 30.6 Å². The molecule has 0 fully saturated rings. The van der Waals surface area contributed by atoms with Crippen LogP contribution < -0.4 is 9.64 Å². The normalized spacial score (nSPS) is 11.2. The van der Waals surface area contributed by atoms with Crippen LogP contribution in [0.4, 0.5) is 19.0 Å². The Morgan fingerprint density at radius 1 is 1.20 bits per heavy atom. The molecular weight excluding hydrogens is 273 g/mol. The smallest absolute Gasteiger partial charge is 0.423 e. The maximum atomic E-state index is 12.8. The van der Waals surface area contributed by atoms with E-state index in [4.69, 9.17) is 4.74 Å². The van der Waals surface area contributed by atoms with Crippen LogP contribution in [-0.2, 0) is 6.18 Å². The van der Waals surface area contributed by atoms with Crippen molar-refractivity contribution in [3.05, 3.63) is 36.3 Å². The summed E-state index contributed by atoms with van der Waals surface area (Å²) in [5.74, 6) is 0.364. The third-order valence-electron chi connectivity index (χ3n) is 2.28. The van der Waals surface area contributed by atoms with E-state index < -0.39 is 11.9 Å². The van der Waals surface area contributed by atoms with Crippen molar-refractivity contribution in [3.8, 4) is 11.8 Å². The van der Waals surface area contributed by atoms with Gasteiger partial charge in [0, 0.05) is 26.4 Å². The number of hydrogen-bond acceptors (Lipinski definition) is 5. The fraction of sp³-hybridized carbons (Fsp3) is 0.250. The van der Waals surface area contributed by atoms with E-state index in [1.54, 1.807) is 26.2 Å². The highest BCUT2D eigenvalue weighted by Gasteiger charge is 2.34. The summed E-state index contributed by atoms with van der Waals surface area (Å²) >= 11 is 0. The van der Waals surface area contributed by atoms with E-state index in [-0.39, 0.29) is 17.6 Å². The van der Waals surface area contributed by atoms with E-state index in [9.17, 15) is 13.2 Å². The zero-order valence-corrected chi connectivity index (χ0v) is 10.7. The lowest BCUT2D eigenvalue weighted by Gasteiger charge is -2.15. The highest BCUT2D eigenvalue weighted by atomic mass is 19.4. The highest BCUT2D eigenvalue weighted by molar-refractivity contribution is 5.40. The standard InChI is InChI=1S/C12H11F3N4O/c1-19(2)10-6-9(12(13,14)15)17-11(18-10)20-8-4-3-5-16-7-8/h3-7H,1-2H3. The maximum absolute atomic E-state index is 12.8. The molecule has 0 spiro atoms. The van der Waals surface area contributed by atoms with Gasteiger partial charge >= 0.3 is 12.2 Å². The second kappa shape index (κ2) is 5.32. The number of anilines is 1. The Morgan fingerprint density at radius 2 is 1.95 bits per heavy atom. The number of aromatic nitrogens is 3. The zero-order valence-electron chi connectivity index (χ0n) is 10.7. The third-order valence-corrected chi connectivity index (χ3v) is 2.28. The minimum atomic E-state index is -4.57. The zero-order chi connectivity index (χ0) is 14.8. The fourth-order valence-corrected chi connectivity index (χ4v) is 1.35. The molecule has 0 aliphatic heterocycles. The molecule has 0 aliphatic rings. The van der Waals surface area contributed by atoms with Gasteiger partial charge in [-0.05, 0) is 12.1 Å². The van der Waals surface area contributed by atoms with Gasteiger partial charge in [-0.25, -0.2) is 0 Å². The maximum Gasteiger partial charge on any atom is 0.433 e. The molecule has 0 bridgehead atoms. The average Bonchev–Trinajstić information content (AvgIpc) is 2.38. The third kappa shape index (κ3) is 3.34. The molecule has 2 aromatic rings. The number of halogens is 3. The summed E-state index contributed by atoms with van der Waals surface area (Å²) in [6.07, 6.45) is -1.69. The second-order valence-electron chi connectivity index (χ2n) is 4.08. The Kier molecular flexibility index (Phi) is 3.73. The van der Waals surface area contributed by atoms with Crippen molar-refractivity contribution in [3.63, 3.8) is 0 Å². The van der Waals surface area contributed by atoms with Gasteiger partial charge in [0.05, 0.1) is 6.20 Å². The van der Waals surface area contributed by atoms with Gasteiger partial charge < -0.3 is 9.64 Å². The quantitative estimate of drug-likeness (QED) is 0.867. The molecule has 0 aliphatic carbocycles. The summed E-state index contributed by atoms with van der Waals surface area (Å²) in [6.45, 7) is 0. The van der Waals surface area contributed by atoms with Gasteiger partial charge in [-0.15, -0.1) is 0 Å². The fourth-order valence-electron chi connectivity index (χ4n) is 1.35. The molecule has 0 radical (unpaired) electrons. The molecule has 0 N–H and O–H groups in total. The van der Waals surface area contributed by atoms with Crippen LogP contribution in [0.2, 0.25) is 0 Å². The van der Waals surface area contributed by atoms with Crippen LogP contribution in [0.1, 0.15) is 5.69 Å². The molecule has 106 valence electrons. The number of hydrogen-bond donors (Lipinski definition) is 0. The van der Waals surface area contributed by atoms with E-state index in [1.807, 2.05) is 0 Å². The van der Waals surface area contributed by atoms with Gasteiger partial charge in [-0.2, -0.15) is 23.1 Å². The lowest BCUT2D eigenvalue weighted by Crippen LogP contribution is -2.16. The minimum absolute atomic E-state index is 0.103. The molecule has 0 aromatic carbocycles. The van der Waals surface area contributed by atoms with Gasteiger partial charge in [-0.1, -0.05) is 0 Å². The van der Waals surface area contributed by atoms with Crippen molar-refractivity contribution in [2.75, 3.05) is 19.0 Å². The molecule has 0 saturated carbocycles. The van der Waals surface area contributed by atoms with Crippen molar-refractivity contribution in [2.45, 2.75) is 6.18 Å². The van der Waals surface area contributed by atoms with Crippen LogP contribution in [-0.4, -0.2) is 29.0 Å². The number of alkyl halides is 3. The summed E-state index contributed by atoms with van der Waals surface area (Å²) in [6, 6.07) is 3.62. The molecule has 0 unspecified atom stereocenters. The van der Waals surface area contributed by atoms with E-state index in [0.717, 1.165) is 6.07 Å². The molecule has 2 aromatic heterocycles. The van der Waals surface area contributed by atoms with Crippen LogP contribution in [0, 0.1) is 0 Å². The summed E-state index contributed by atoms with van der Waals surface area (Å²) in [5.41, 5.74) is -1.06. The SMILES string of the molecule is CN(C)c1cc(C(F)(F)F)nc(Oc2cccnc2)n1. The number of rotatable bonds is 3. The van der Waals surface area contributed by atoms with E-state index in [1.165, 1.54) is 17.3 Å². The molecule has 20 heavy (non-hydrogen) atoms. The molecule has 0 atom stereocenters. The molecule has 8 heteroatoms. The molecular formula is C12H11F3N4O. The Morgan fingerprint density at radius 3 is 2.50 bits per heavy atom. The summed E-state index contributed by atoms with van der Waals surface area (Å²) < 4.78 is 43.5. The van der Waals surface area contributed by atoms with Gasteiger partial charge in [0.2, 0.25) is 0 Å². The molecule has 2 heterocycles. The predicted molar refractivity (Wildman–Crippen MR) is 65.7 cm³/mol. The molecule has 5 nitrogen and oxygen atoms in total. The van der Waals surface area contributed by atoms with Gasteiger partial charge in [0.1, 0.15) is 11.6 Å². The Bertz CT molecular complexity index is 587. The van der Waals surface area contributed by atoms with Gasteiger partial charge in [-0.3, -0.25) is 4.98 Å². The number of nitrogens with zero attached hydrogens (tertiary/aromatic N) is 4. The van der Waals surface area contributed by atoms with E-state index in [2.05, 4.69) is 15.0 Å². The topological polar surface area (TPSA) is 51.1 Å². The first kappa shape index (κ1) is 14.0. The number of pyridine rings is 1. The minimum Gasteiger partial charge on any atom is -0.423 e. The highest BCUT2D eigenvalue weighted by Crippen LogP contribution is 2.31. The van der Waals surface area contributed by atoms with Crippen molar-refractivity contribution in [2.24, 2.45) is 0 Å². The monoisotopic (exact) mass is 284 g/mol. The summed E-state index contributed by atoms with van der Waals surface area (Å²) in [5, 5.41) is 0. The first-order chi connectivity index (χ1) is 9.36. The van der Waals surface area contributed by atoms with Crippen molar-refractivity contribution in [1.29, 1.82) is 0 Å². The first-order valence-corrected chi connectivity index (χ1v) is 5.58. The lowest BCUT2D eigenvalue weighted by atomic mass is 10.3. The second-order valence-corrected chi connectivity index (χ2v) is 4.08. The van der Waals surface area contributed by atoms with Crippen LogP contribution in [0.5, 0.6) is 11.8 Å². The molecule has 2 rings (SSSR count). The molecule has 0 saturated heterocycles. The summed E-state index contributed by atoms with van der Waals surface area (Å²) in [7, 11) is 3.16. The van der Waals surface area contributed by atoms with Crippen molar-refractivity contribution in [1.82, 2.24) is 15.0 Å². The van der Waals surface area contributed by atoms with Crippen LogP contribution in [0.3, 0.4) is 0 Å². The predicted octanol–water partition coefficient (Wildman–Crippen LogP) is 2.75.